The lowest BCUT2D eigenvalue weighted by Crippen LogP contribution is -2.27. The highest BCUT2D eigenvalue weighted by molar-refractivity contribution is 5.98. The lowest BCUT2D eigenvalue weighted by atomic mass is 9.77. The summed E-state index contributed by atoms with van der Waals surface area (Å²) in [7, 11) is 0. The second kappa shape index (κ2) is 7.59. The van der Waals surface area contributed by atoms with Crippen LogP contribution in [0.2, 0.25) is 0 Å². The number of carbonyl (C=O) groups excluding carboxylic acids is 2. The first kappa shape index (κ1) is 21.2. The summed E-state index contributed by atoms with van der Waals surface area (Å²) in [5.41, 5.74) is 1.99. The van der Waals surface area contributed by atoms with Crippen LogP contribution in [0.25, 0.3) is 0 Å². The first-order valence-electron chi connectivity index (χ1n) is 8.83. The smallest absolute Gasteiger partial charge is 0.316 e. The third-order valence-corrected chi connectivity index (χ3v) is 4.29. The van der Waals surface area contributed by atoms with Gasteiger partial charge in [-0.1, -0.05) is 53.7 Å². The Kier molecular flexibility index (Phi) is 6.44. The van der Waals surface area contributed by atoms with Crippen LogP contribution in [0.15, 0.2) is 12.1 Å². The molecule has 25 heavy (non-hydrogen) atoms. The molecule has 1 N–H and O–H groups in total. The fourth-order valence-electron chi connectivity index (χ4n) is 2.83. The highest BCUT2D eigenvalue weighted by Gasteiger charge is 2.29. The van der Waals surface area contributed by atoms with Crippen LogP contribution < -0.4 is 0 Å². The number of ether oxygens (including phenoxy) is 1. The first-order valence-corrected chi connectivity index (χ1v) is 8.83. The molecule has 0 aromatic heterocycles. The number of hydrogen-bond acceptors (Lipinski definition) is 4. The molecule has 0 amide bonds. The fourth-order valence-corrected chi connectivity index (χ4v) is 2.83. The van der Waals surface area contributed by atoms with E-state index in [-0.39, 0.29) is 29.6 Å². The zero-order valence-corrected chi connectivity index (χ0v) is 16.8. The summed E-state index contributed by atoms with van der Waals surface area (Å²) >= 11 is 0. The zero-order chi connectivity index (χ0) is 19.6. The van der Waals surface area contributed by atoms with Gasteiger partial charge in [-0.25, -0.2) is 0 Å². The largest absolute Gasteiger partial charge is 0.507 e. The van der Waals surface area contributed by atoms with Crippen LogP contribution >= 0.6 is 0 Å². The van der Waals surface area contributed by atoms with Gasteiger partial charge >= 0.3 is 5.97 Å². The maximum atomic E-state index is 12.1. The molecular weight excluding hydrogens is 316 g/mol. The highest BCUT2D eigenvalue weighted by atomic mass is 16.5. The van der Waals surface area contributed by atoms with Gasteiger partial charge in [-0.05, 0) is 47.8 Å². The minimum atomic E-state index is -0.815. The van der Waals surface area contributed by atoms with Crippen molar-refractivity contribution < 1.29 is 19.4 Å². The van der Waals surface area contributed by atoms with Gasteiger partial charge in [-0.15, -0.1) is 0 Å². The van der Waals surface area contributed by atoms with E-state index in [0.29, 0.717) is 5.75 Å². The zero-order valence-electron chi connectivity index (χ0n) is 16.8. The number of phenolic OH excluding ortho intramolecular Hbond substituents is 1. The molecule has 4 heteroatoms. The van der Waals surface area contributed by atoms with Gasteiger partial charge in [0.05, 0.1) is 6.61 Å². The summed E-state index contributed by atoms with van der Waals surface area (Å²) in [5.74, 6) is -1.22. The predicted molar refractivity (Wildman–Crippen MR) is 100 cm³/mol. The fraction of sp³-hybridized carbons (Fsp3) is 0.619. The van der Waals surface area contributed by atoms with E-state index in [1.807, 2.05) is 53.7 Å². The van der Waals surface area contributed by atoms with E-state index in [2.05, 4.69) is 0 Å². The standard InChI is InChI=1S/C21H32O4/c1-9-25-19(24)15(13(2)22)10-14-11-16(20(3,4)5)18(23)17(12-14)21(6,7)8/h11-12,15,23H,9-10H2,1-8H3. The number of rotatable bonds is 5. The van der Waals surface area contributed by atoms with E-state index in [1.54, 1.807) is 6.92 Å². The molecule has 0 spiro atoms. The Balaban J connectivity index is 3.44. The molecule has 0 fully saturated rings. The van der Waals surface area contributed by atoms with Crippen molar-refractivity contribution >= 4 is 11.8 Å². The first-order chi connectivity index (χ1) is 11.3. The quantitative estimate of drug-likeness (QED) is 0.636. The monoisotopic (exact) mass is 348 g/mol. The molecule has 0 saturated heterocycles. The summed E-state index contributed by atoms with van der Waals surface area (Å²) < 4.78 is 5.05. The van der Waals surface area contributed by atoms with E-state index in [4.69, 9.17) is 4.74 Å². The van der Waals surface area contributed by atoms with Crippen molar-refractivity contribution in [2.45, 2.75) is 72.6 Å². The Bertz CT molecular complexity index is 610. The number of carbonyl (C=O) groups is 2. The lowest BCUT2D eigenvalue weighted by Gasteiger charge is -2.28. The summed E-state index contributed by atoms with van der Waals surface area (Å²) in [4.78, 5) is 24.1. The van der Waals surface area contributed by atoms with E-state index in [1.165, 1.54) is 6.92 Å². The molecule has 0 bridgehead atoms. The second-order valence-electron chi connectivity index (χ2n) is 8.66. The van der Waals surface area contributed by atoms with Gasteiger partial charge in [0, 0.05) is 0 Å². The molecule has 1 aromatic carbocycles. The minimum absolute atomic E-state index is 0.207. The minimum Gasteiger partial charge on any atom is -0.507 e. The van der Waals surface area contributed by atoms with Gasteiger partial charge in [-0.3, -0.25) is 9.59 Å². The molecule has 0 saturated carbocycles. The summed E-state index contributed by atoms with van der Waals surface area (Å²) in [6.07, 6.45) is 0.278. The maximum Gasteiger partial charge on any atom is 0.316 e. The van der Waals surface area contributed by atoms with Crippen LogP contribution in [0, 0.1) is 5.92 Å². The lowest BCUT2D eigenvalue weighted by molar-refractivity contribution is -0.151. The van der Waals surface area contributed by atoms with Crippen LogP contribution in [-0.4, -0.2) is 23.5 Å². The average Bonchev–Trinajstić information content (AvgIpc) is 2.43. The molecule has 0 aliphatic heterocycles. The maximum absolute atomic E-state index is 12.1. The SMILES string of the molecule is CCOC(=O)C(Cc1cc(C(C)(C)C)c(O)c(C(C)(C)C)c1)C(C)=O. The predicted octanol–water partition coefficient (Wildman–Crippen LogP) is 4.30. The van der Waals surface area contributed by atoms with Crippen molar-refractivity contribution in [3.05, 3.63) is 28.8 Å². The van der Waals surface area contributed by atoms with Gasteiger partial charge in [-0.2, -0.15) is 0 Å². The van der Waals surface area contributed by atoms with Gasteiger partial charge in [0.2, 0.25) is 0 Å². The van der Waals surface area contributed by atoms with E-state index in [9.17, 15) is 14.7 Å². The Hall–Kier alpha value is -1.84. The molecule has 4 nitrogen and oxygen atoms in total. The number of hydrogen-bond donors (Lipinski definition) is 1. The Labute approximate surface area is 151 Å². The Morgan fingerprint density at radius 2 is 1.48 bits per heavy atom. The van der Waals surface area contributed by atoms with E-state index in [0.717, 1.165) is 16.7 Å². The molecule has 1 unspecified atom stereocenters. The highest BCUT2D eigenvalue weighted by Crippen LogP contribution is 2.40. The van der Waals surface area contributed by atoms with Crippen LogP contribution in [0.4, 0.5) is 0 Å². The third kappa shape index (κ3) is 5.32. The van der Waals surface area contributed by atoms with Gasteiger partial charge in [0.15, 0.2) is 0 Å². The molecule has 0 radical (unpaired) electrons. The molecule has 0 heterocycles. The number of phenols is 1. The van der Waals surface area contributed by atoms with Gasteiger partial charge in [0.25, 0.3) is 0 Å². The molecule has 0 aliphatic rings. The number of ketones is 1. The molecule has 0 aliphatic carbocycles. The van der Waals surface area contributed by atoms with Crippen molar-refractivity contribution in [2.75, 3.05) is 6.61 Å². The van der Waals surface area contributed by atoms with Crippen molar-refractivity contribution in [3.8, 4) is 5.75 Å². The topological polar surface area (TPSA) is 63.6 Å². The number of esters is 1. The van der Waals surface area contributed by atoms with Gasteiger partial charge in [0.1, 0.15) is 17.5 Å². The normalized spacial score (nSPS) is 13.4. The molecule has 140 valence electrons. The third-order valence-electron chi connectivity index (χ3n) is 4.29. The average molecular weight is 348 g/mol. The van der Waals surface area contributed by atoms with Crippen LogP contribution in [0.1, 0.15) is 72.1 Å². The molecular formula is C21H32O4. The van der Waals surface area contributed by atoms with Crippen LogP contribution in [0.3, 0.4) is 0 Å². The molecule has 1 atom stereocenters. The van der Waals surface area contributed by atoms with Gasteiger partial charge < -0.3 is 9.84 Å². The number of benzene rings is 1. The second-order valence-corrected chi connectivity index (χ2v) is 8.66. The number of aromatic hydroxyl groups is 1. The molecule has 1 aromatic rings. The number of Topliss-reactive ketones (excluding diaryl/α,β-unsaturated/α-hetero) is 1. The van der Waals surface area contributed by atoms with E-state index >= 15 is 0 Å². The summed E-state index contributed by atoms with van der Waals surface area (Å²) in [6.45, 7) is 15.6. The van der Waals surface area contributed by atoms with Crippen molar-refractivity contribution in [2.24, 2.45) is 5.92 Å². The molecule has 1 rings (SSSR count). The van der Waals surface area contributed by atoms with Crippen LogP contribution in [0.5, 0.6) is 5.75 Å². The van der Waals surface area contributed by atoms with Crippen LogP contribution in [-0.2, 0) is 31.6 Å². The summed E-state index contributed by atoms with van der Waals surface area (Å²) in [6, 6.07) is 3.81. The summed E-state index contributed by atoms with van der Waals surface area (Å²) in [5, 5.41) is 10.8. The van der Waals surface area contributed by atoms with E-state index < -0.39 is 11.9 Å². The Morgan fingerprint density at radius 1 is 1.04 bits per heavy atom. The van der Waals surface area contributed by atoms with Crippen molar-refractivity contribution in [1.29, 1.82) is 0 Å². The Morgan fingerprint density at radius 3 is 1.80 bits per heavy atom. The van der Waals surface area contributed by atoms with Crippen molar-refractivity contribution in [1.82, 2.24) is 0 Å². The van der Waals surface area contributed by atoms with Crippen molar-refractivity contribution in [3.63, 3.8) is 0 Å².